The summed E-state index contributed by atoms with van der Waals surface area (Å²) >= 11 is 0. The predicted molar refractivity (Wildman–Crippen MR) is 65.7 cm³/mol. The van der Waals surface area contributed by atoms with E-state index < -0.39 is 0 Å². The Morgan fingerprint density at radius 3 is 2.88 bits per heavy atom. The summed E-state index contributed by atoms with van der Waals surface area (Å²) in [5, 5.41) is 4.00. The van der Waals surface area contributed by atoms with Crippen molar-refractivity contribution in [2.75, 3.05) is 6.61 Å². The maximum Gasteiger partial charge on any atom is 0.153 e. The Bertz CT molecular complexity index is 492. The summed E-state index contributed by atoms with van der Waals surface area (Å²) in [6.07, 6.45) is 0. The Morgan fingerprint density at radius 2 is 2.24 bits per heavy atom. The van der Waals surface area contributed by atoms with E-state index in [9.17, 15) is 0 Å². The van der Waals surface area contributed by atoms with Gasteiger partial charge in [-0.1, -0.05) is 17.3 Å². The van der Waals surface area contributed by atoms with E-state index >= 15 is 0 Å². The van der Waals surface area contributed by atoms with Crippen LogP contribution in [0.2, 0.25) is 0 Å². The molecule has 0 fully saturated rings. The quantitative estimate of drug-likeness (QED) is 0.880. The minimum Gasteiger partial charge on any atom is -0.494 e. The first-order valence-corrected chi connectivity index (χ1v) is 5.66. The monoisotopic (exact) mass is 232 g/mol. The normalized spacial score (nSPS) is 12.4. The van der Waals surface area contributed by atoms with Crippen molar-refractivity contribution < 1.29 is 9.26 Å². The molecule has 2 aromatic rings. The molecule has 0 aliphatic carbocycles. The first-order chi connectivity index (χ1) is 8.20. The van der Waals surface area contributed by atoms with Crippen LogP contribution in [0.3, 0.4) is 0 Å². The number of rotatable bonds is 4. The van der Waals surface area contributed by atoms with E-state index in [0.717, 1.165) is 17.0 Å². The maximum absolute atomic E-state index is 5.72. The van der Waals surface area contributed by atoms with Crippen LogP contribution in [0.5, 0.6) is 5.75 Å². The molecule has 4 nitrogen and oxygen atoms in total. The lowest BCUT2D eigenvalue weighted by Gasteiger charge is -2.03. The summed E-state index contributed by atoms with van der Waals surface area (Å²) in [7, 11) is 0. The van der Waals surface area contributed by atoms with Crippen LogP contribution in [0.25, 0.3) is 11.3 Å². The van der Waals surface area contributed by atoms with Gasteiger partial charge in [0.25, 0.3) is 0 Å². The van der Waals surface area contributed by atoms with Crippen LogP contribution in [0.15, 0.2) is 34.9 Å². The maximum atomic E-state index is 5.72. The SMILES string of the molecule is CCOc1cccc(-c2cc(C(C)N)on2)c1. The van der Waals surface area contributed by atoms with Crippen molar-refractivity contribution in [2.24, 2.45) is 5.73 Å². The molecule has 0 bridgehead atoms. The van der Waals surface area contributed by atoms with Gasteiger partial charge in [-0.3, -0.25) is 0 Å². The van der Waals surface area contributed by atoms with E-state index in [1.54, 1.807) is 0 Å². The fourth-order valence-corrected chi connectivity index (χ4v) is 1.55. The molecule has 90 valence electrons. The molecule has 2 rings (SSSR count). The van der Waals surface area contributed by atoms with Gasteiger partial charge in [0.1, 0.15) is 11.4 Å². The number of hydrogen-bond donors (Lipinski definition) is 1. The Hall–Kier alpha value is -1.81. The molecule has 0 saturated carbocycles. The Morgan fingerprint density at radius 1 is 1.41 bits per heavy atom. The summed E-state index contributed by atoms with van der Waals surface area (Å²) in [5.74, 6) is 1.51. The zero-order chi connectivity index (χ0) is 12.3. The first kappa shape index (κ1) is 11.7. The van der Waals surface area contributed by atoms with E-state index in [-0.39, 0.29) is 6.04 Å². The number of ether oxygens (including phenoxy) is 1. The predicted octanol–water partition coefficient (Wildman–Crippen LogP) is 2.76. The highest BCUT2D eigenvalue weighted by molar-refractivity contribution is 5.61. The number of nitrogens with zero attached hydrogens (tertiary/aromatic N) is 1. The zero-order valence-corrected chi connectivity index (χ0v) is 10.0. The molecule has 0 aliphatic rings. The van der Waals surface area contributed by atoms with Gasteiger partial charge in [-0.25, -0.2) is 0 Å². The van der Waals surface area contributed by atoms with Crippen molar-refractivity contribution in [3.63, 3.8) is 0 Å². The first-order valence-electron chi connectivity index (χ1n) is 5.66. The van der Waals surface area contributed by atoms with Crippen molar-refractivity contribution in [3.8, 4) is 17.0 Å². The average molecular weight is 232 g/mol. The van der Waals surface area contributed by atoms with Crippen LogP contribution >= 0.6 is 0 Å². The van der Waals surface area contributed by atoms with Crippen LogP contribution in [-0.4, -0.2) is 11.8 Å². The number of nitrogens with two attached hydrogens (primary N) is 1. The molecular weight excluding hydrogens is 216 g/mol. The molecule has 0 spiro atoms. The summed E-state index contributed by atoms with van der Waals surface area (Å²) < 4.78 is 10.6. The Labute approximate surface area is 100 Å². The number of hydrogen-bond acceptors (Lipinski definition) is 4. The summed E-state index contributed by atoms with van der Waals surface area (Å²) in [6, 6.07) is 9.46. The fraction of sp³-hybridized carbons (Fsp3) is 0.308. The van der Waals surface area contributed by atoms with E-state index in [1.165, 1.54) is 0 Å². The lowest BCUT2D eigenvalue weighted by Crippen LogP contribution is -2.02. The van der Waals surface area contributed by atoms with Gasteiger partial charge in [-0.05, 0) is 26.0 Å². The van der Waals surface area contributed by atoms with Gasteiger partial charge in [0.2, 0.25) is 0 Å². The van der Waals surface area contributed by atoms with Gasteiger partial charge < -0.3 is 15.0 Å². The molecule has 1 aromatic carbocycles. The smallest absolute Gasteiger partial charge is 0.153 e. The van der Waals surface area contributed by atoms with Gasteiger partial charge in [-0.2, -0.15) is 0 Å². The highest BCUT2D eigenvalue weighted by Gasteiger charge is 2.10. The van der Waals surface area contributed by atoms with Gasteiger partial charge in [0.15, 0.2) is 5.76 Å². The molecule has 4 heteroatoms. The van der Waals surface area contributed by atoms with Crippen LogP contribution in [0.1, 0.15) is 25.6 Å². The van der Waals surface area contributed by atoms with Gasteiger partial charge in [0, 0.05) is 11.6 Å². The van der Waals surface area contributed by atoms with Gasteiger partial charge >= 0.3 is 0 Å². The number of benzene rings is 1. The summed E-state index contributed by atoms with van der Waals surface area (Å²) in [4.78, 5) is 0. The van der Waals surface area contributed by atoms with Crippen molar-refractivity contribution in [3.05, 3.63) is 36.1 Å². The molecule has 0 amide bonds. The van der Waals surface area contributed by atoms with Crippen molar-refractivity contribution in [1.82, 2.24) is 5.16 Å². The van der Waals surface area contributed by atoms with Crippen LogP contribution in [-0.2, 0) is 0 Å². The minimum atomic E-state index is -0.147. The average Bonchev–Trinajstić information content (AvgIpc) is 2.79. The van der Waals surface area contributed by atoms with E-state index in [1.807, 2.05) is 44.2 Å². The molecule has 0 aliphatic heterocycles. The summed E-state index contributed by atoms with van der Waals surface area (Å²) in [5.41, 5.74) is 7.47. The van der Waals surface area contributed by atoms with E-state index in [2.05, 4.69) is 5.16 Å². The third kappa shape index (κ3) is 2.65. The van der Waals surface area contributed by atoms with Crippen LogP contribution in [0.4, 0.5) is 0 Å². The molecule has 0 saturated heterocycles. The third-order valence-electron chi connectivity index (χ3n) is 2.42. The van der Waals surface area contributed by atoms with E-state index in [0.29, 0.717) is 12.4 Å². The van der Waals surface area contributed by atoms with Gasteiger partial charge in [0.05, 0.1) is 12.6 Å². The van der Waals surface area contributed by atoms with Crippen molar-refractivity contribution in [2.45, 2.75) is 19.9 Å². The Kier molecular flexibility index (Phi) is 3.44. The molecule has 17 heavy (non-hydrogen) atoms. The lowest BCUT2D eigenvalue weighted by molar-refractivity contribution is 0.340. The minimum absolute atomic E-state index is 0.147. The Balaban J connectivity index is 2.28. The van der Waals surface area contributed by atoms with Crippen LogP contribution in [0, 0.1) is 0 Å². The molecule has 1 atom stereocenters. The second-order valence-electron chi connectivity index (χ2n) is 3.86. The molecular formula is C13H16N2O2. The largest absolute Gasteiger partial charge is 0.494 e. The topological polar surface area (TPSA) is 61.3 Å². The van der Waals surface area contributed by atoms with Crippen molar-refractivity contribution >= 4 is 0 Å². The third-order valence-corrected chi connectivity index (χ3v) is 2.42. The fourth-order valence-electron chi connectivity index (χ4n) is 1.55. The standard InChI is InChI=1S/C13H16N2O2/c1-3-16-11-6-4-5-10(7-11)12-8-13(9(2)14)17-15-12/h4-9H,3,14H2,1-2H3. The van der Waals surface area contributed by atoms with Gasteiger partial charge in [-0.15, -0.1) is 0 Å². The molecule has 0 radical (unpaired) electrons. The lowest BCUT2D eigenvalue weighted by atomic mass is 10.1. The second-order valence-corrected chi connectivity index (χ2v) is 3.86. The molecule has 1 aromatic heterocycles. The highest BCUT2D eigenvalue weighted by atomic mass is 16.5. The van der Waals surface area contributed by atoms with Crippen LogP contribution < -0.4 is 10.5 Å². The number of aromatic nitrogens is 1. The van der Waals surface area contributed by atoms with E-state index in [4.69, 9.17) is 15.0 Å². The highest BCUT2D eigenvalue weighted by Crippen LogP contribution is 2.25. The van der Waals surface area contributed by atoms with Crippen molar-refractivity contribution in [1.29, 1.82) is 0 Å². The molecule has 1 heterocycles. The molecule has 2 N–H and O–H groups in total. The second kappa shape index (κ2) is 5.01. The summed E-state index contributed by atoms with van der Waals surface area (Å²) in [6.45, 7) is 4.46. The molecule has 1 unspecified atom stereocenters. The zero-order valence-electron chi connectivity index (χ0n) is 10.0.